The van der Waals surface area contributed by atoms with Crippen molar-refractivity contribution in [1.82, 2.24) is 4.90 Å². The molecule has 19 heavy (non-hydrogen) atoms. The number of nitrogens with zero attached hydrogens (tertiary/aromatic N) is 1. The zero-order valence-corrected chi connectivity index (χ0v) is 13.0. The molecule has 0 saturated carbocycles. The van der Waals surface area contributed by atoms with Crippen LogP contribution < -0.4 is 0 Å². The molecule has 1 fully saturated rings. The second-order valence-corrected chi connectivity index (χ2v) is 6.53. The van der Waals surface area contributed by atoms with E-state index in [4.69, 9.17) is 0 Å². The van der Waals surface area contributed by atoms with Gasteiger partial charge in [-0.15, -0.1) is 0 Å². The molecular formula is C15H20BrF2N. The Kier molecular flexibility index (Phi) is 4.96. The number of rotatable bonds is 3. The van der Waals surface area contributed by atoms with Crippen molar-refractivity contribution in [2.75, 3.05) is 13.1 Å². The summed E-state index contributed by atoms with van der Waals surface area (Å²) < 4.78 is 27.9. The van der Waals surface area contributed by atoms with E-state index in [2.05, 4.69) is 34.7 Å². The minimum absolute atomic E-state index is 0.178. The highest BCUT2D eigenvalue weighted by molar-refractivity contribution is 9.10. The topological polar surface area (TPSA) is 3.24 Å². The van der Waals surface area contributed by atoms with Crippen LogP contribution in [0, 0.1) is 23.5 Å². The molecule has 0 aliphatic carbocycles. The molecule has 0 radical (unpaired) electrons. The third kappa shape index (κ3) is 3.54. The van der Waals surface area contributed by atoms with Gasteiger partial charge in [0.2, 0.25) is 0 Å². The average molecular weight is 332 g/mol. The van der Waals surface area contributed by atoms with Crippen LogP contribution in [0.4, 0.5) is 8.78 Å². The van der Waals surface area contributed by atoms with Crippen LogP contribution in [-0.2, 0) is 6.54 Å². The summed E-state index contributed by atoms with van der Waals surface area (Å²) in [4.78, 5) is 2.15. The second-order valence-electron chi connectivity index (χ2n) is 5.68. The van der Waals surface area contributed by atoms with Crippen molar-refractivity contribution in [3.63, 3.8) is 0 Å². The van der Waals surface area contributed by atoms with Crippen molar-refractivity contribution in [2.24, 2.45) is 11.8 Å². The van der Waals surface area contributed by atoms with E-state index in [1.165, 1.54) is 12.1 Å². The van der Waals surface area contributed by atoms with E-state index in [1.54, 1.807) is 0 Å². The molecule has 2 rings (SSSR count). The maximum Gasteiger partial charge on any atom is 0.144 e. The Morgan fingerprint density at radius 3 is 2.47 bits per heavy atom. The van der Waals surface area contributed by atoms with Crippen LogP contribution in [0.1, 0.15) is 32.3 Å². The van der Waals surface area contributed by atoms with E-state index in [0.717, 1.165) is 31.8 Å². The molecule has 1 aliphatic heterocycles. The Morgan fingerprint density at radius 2 is 1.89 bits per heavy atom. The molecule has 0 atom stereocenters. The quantitative estimate of drug-likeness (QED) is 0.732. The molecule has 1 aromatic rings. The standard InChI is InChI=1S/C15H20BrF2N/c1-10(2)11-5-7-19(8-6-11)9-12-14(17)4-3-13(16)15(12)18/h3-4,10-11H,5-9H2,1-2H3. The van der Waals surface area contributed by atoms with Crippen molar-refractivity contribution < 1.29 is 8.78 Å². The lowest BCUT2D eigenvalue weighted by atomic mass is 9.86. The van der Waals surface area contributed by atoms with Crippen LogP contribution in [0.2, 0.25) is 0 Å². The summed E-state index contributed by atoms with van der Waals surface area (Å²) in [5, 5.41) is 0. The number of benzene rings is 1. The van der Waals surface area contributed by atoms with Crippen LogP contribution in [-0.4, -0.2) is 18.0 Å². The Bertz CT molecular complexity index is 440. The van der Waals surface area contributed by atoms with Gasteiger partial charge in [0, 0.05) is 12.1 Å². The molecule has 0 unspecified atom stereocenters. The van der Waals surface area contributed by atoms with Crippen molar-refractivity contribution in [1.29, 1.82) is 0 Å². The second kappa shape index (κ2) is 6.31. The fourth-order valence-corrected chi connectivity index (χ4v) is 3.09. The van der Waals surface area contributed by atoms with Crippen LogP contribution in [0.15, 0.2) is 16.6 Å². The molecule has 0 N–H and O–H groups in total. The van der Waals surface area contributed by atoms with Gasteiger partial charge in [0.05, 0.1) is 4.47 Å². The zero-order valence-electron chi connectivity index (χ0n) is 11.4. The van der Waals surface area contributed by atoms with Gasteiger partial charge in [-0.25, -0.2) is 8.78 Å². The number of hydrogen-bond donors (Lipinski definition) is 0. The van der Waals surface area contributed by atoms with E-state index >= 15 is 0 Å². The van der Waals surface area contributed by atoms with E-state index in [9.17, 15) is 8.78 Å². The molecule has 1 aromatic carbocycles. The van der Waals surface area contributed by atoms with E-state index in [1.807, 2.05) is 0 Å². The molecule has 0 amide bonds. The fraction of sp³-hybridized carbons (Fsp3) is 0.600. The average Bonchev–Trinajstić information content (AvgIpc) is 2.40. The lowest BCUT2D eigenvalue weighted by molar-refractivity contribution is 0.149. The van der Waals surface area contributed by atoms with Gasteiger partial charge < -0.3 is 0 Å². The first kappa shape index (κ1) is 14.9. The zero-order chi connectivity index (χ0) is 14.0. The SMILES string of the molecule is CC(C)C1CCN(Cc2c(F)ccc(Br)c2F)CC1. The third-order valence-electron chi connectivity index (χ3n) is 4.10. The molecule has 106 valence electrons. The summed E-state index contributed by atoms with van der Waals surface area (Å²) in [5.74, 6) is 0.521. The Morgan fingerprint density at radius 1 is 1.26 bits per heavy atom. The van der Waals surface area contributed by atoms with Crippen LogP contribution >= 0.6 is 15.9 Å². The van der Waals surface area contributed by atoms with Crippen molar-refractivity contribution in [2.45, 2.75) is 33.2 Å². The predicted octanol–water partition coefficient (Wildman–Crippen LogP) is 4.60. The summed E-state index contributed by atoms with van der Waals surface area (Å²) in [5.41, 5.74) is 0.178. The maximum atomic E-state index is 13.9. The Labute approximate surface area is 122 Å². The van der Waals surface area contributed by atoms with E-state index in [-0.39, 0.29) is 5.56 Å². The molecular weight excluding hydrogens is 312 g/mol. The third-order valence-corrected chi connectivity index (χ3v) is 4.71. The highest BCUT2D eigenvalue weighted by Gasteiger charge is 2.23. The molecule has 0 bridgehead atoms. The predicted molar refractivity (Wildman–Crippen MR) is 76.9 cm³/mol. The van der Waals surface area contributed by atoms with Gasteiger partial charge in [-0.1, -0.05) is 13.8 Å². The monoisotopic (exact) mass is 331 g/mol. The van der Waals surface area contributed by atoms with Gasteiger partial charge in [-0.2, -0.15) is 0 Å². The summed E-state index contributed by atoms with van der Waals surface area (Å²) in [7, 11) is 0. The summed E-state index contributed by atoms with van der Waals surface area (Å²) in [6.07, 6.45) is 2.24. The number of piperidine rings is 1. The van der Waals surface area contributed by atoms with E-state index < -0.39 is 11.6 Å². The molecule has 0 spiro atoms. The normalized spacial score (nSPS) is 18.2. The maximum absolute atomic E-state index is 13.9. The first-order chi connectivity index (χ1) is 8.99. The molecule has 1 nitrogen and oxygen atoms in total. The molecule has 1 heterocycles. The fourth-order valence-electron chi connectivity index (χ4n) is 2.72. The van der Waals surface area contributed by atoms with Gasteiger partial charge in [-0.3, -0.25) is 4.90 Å². The summed E-state index contributed by atoms with van der Waals surface area (Å²) >= 11 is 3.11. The lowest BCUT2D eigenvalue weighted by Crippen LogP contribution is -2.35. The van der Waals surface area contributed by atoms with Crippen LogP contribution in [0.5, 0.6) is 0 Å². The Balaban J connectivity index is 2.02. The lowest BCUT2D eigenvalue weighted by Gasteiger charge is -2.34. The first-order valence-corrected chi connectivity index (χ1v) is 7.63. The van der Waals surface area contributed by atoms with Crippen molar-refractivity contribution in [3.8, 4) is 0 Å². The summed E-state index contributed by atoms with van der Waals surface area (Å²) in [6.45, 7) is 6.70. The molecule has 4 heteroatoms. The van der Waals surface area contributed by atoms with Crippen molar-refractivity contribution >= 4 is 15.9 Å². The number of hydrogen-bond acceptors (Lipinski definition) is 1. The summed E-state index contributed by atoms with van der Waals surface area (Å²) in [6, 6.07) is 2.74. The first-order valence-electron chi connectivity index (χ1n) is 6.83. The Hall–Kier alpha value is -0.480. The van der Waals surface area contributed by atoms with Crippen LogP contribution in [0.25, 0.3) is 0 Å². The van der Waals surface area contributed by atoms with Gasteiger partial charge in [0.1, 0.15) is 11.6 Å². The van der Waals surface area contributed by atoms with E-state index in [0.29, 0.717) is 16.9 Å². The number of likely N-dealkylation sites (tertiary alicyclic amines) is 1. The van der Waals surface area contributed by atoms with Gasteiger partial charge >= 0.3 is 0 Å². The van der Waals surface area contributed by atoms with Gasteiger partial charge in [0.15, 0.2) is 0 Å². The smallest absolute Gasteiger partial charge is 0.144 e. The minimum Gasteiger partial charge on any atom is -0.299 e. The highest BCUT2D eigenvalue weighted by Crippen LogP contribution is 2.27. The number of halogens is 3. The van der Waals surface area contributed by atoms with Crippen LogP contribution in [0.3, 0.4) is 0 Å². The van der Waals surface area contributed by atoms with Crippen molar-refractivity contribution in [3.05, 3.63) is 33.8 Å². The van der Waals surface area contributed by atoms with Gasteiger partial charge in [0.25, 0.3) is 0 Å². The molecule has 1 saturated heterocycles. The largest absolute Gasteiger partial charge is 0.299 e. The molecule has 0 aromatic heterocycles. The minimum atomic E-state index is -0.467. The van der Waals surface area contributed by atoms with Gasteiger partial charge in [-0.05, 0) is 65.8 Å². The molecule has 1 aliphatic rings. The highest BCUT2D eigenvalue weighted by atomic mass is 79.9.